The van der Waals surface area contributed by atoms with E-state index in [1.165, 1.54) is 0 Å². The Labute approximate surface area is 122 Å². The molecule has 1 aliphatic rings. The van der Waals surface area contributed by atoms with E-state index in [1.54, 1.807) is 0 Å². The van der Waals surface area contributed by atoms with Crippen LogP contribution in [0.15, 0.2) is 15.8 Å². The topological polar surface area (TPSA) is 188 Å². The summed E-state index contributed by atoms with van der Waals surface area (Å²) in [6, 6.07) is 0. The molecule has 0 amide bonds. The molecular weight excluding hydrogens is 302 g/mol. The zero-order chi connectivity index (χ0) is 16.7. The van der Waals surface area contributed by atoms with E-state index in [4.69, 9.17) is 20.7 Å². The Morgan fingerprint density at radius 2 is 2.09 bits per heavy atom. The van der Waals surface area contributed by atoms with Crippen LogP contribution in [-0.2, 0) is 21.8 Å². The van der Waals surface area contributed by atoms with E-state index in [0.717, 1.165) is 6.20 Å². The molecular formula is C11H15N3O8. The number of aliphatic carboxylic acids is 1. The van der Waals surface area contributed by atoms with Gasteiger partial charge >= 0.3 is 11.7 Å². The van der Waals surface area contributed by atoms with Crippen LogP contribution >= 0.6 is 0 Å². The van der Waals surface area contributed by atoms with E-state index in [9.17, 15) is 24.6 Å². The average Bonchev–Trinajstić information content (AvgIpc) is 2.66. The van der Waals surface area contributed by atoms with Crippen molar-refractivity contribution in [3.8, 4) is 0 Å². The van der Waals surface area contributed by atoms with Gasteiger partial charge in [-0.3, -0.25) is 24.9 Å². The molecule has 0 radical (unpaired) electrons. The third-order valence-electron chi connectivity index (χ3n) is 3.38. The zero-order valence-corrected chi connectivity index (χ0v) is 11.2. The zero-order valence-electron chi connectivity index (χ0n) is 11.2. The number of rotatable bonds is 4. The molecule has 1 aliphatic heterocycles. The monoisotopic (exact) mass is 317 g/mol. The van der Waals surface area contributed by atoms with Crippen LogP contribution in [0.3, 0.4) is 0 Å². The number of H-pyrrole nitrogens is 1. The highest BCUT2D eigenvalue weighted by molar-refractivity contribution is 5.69. The van der Waals surface area contributed by atoms with Crippen molar-refractivity contribution in [3.05, 3.63) is 32.6 Å². The van der Waals surface area contributed by atoms with E-state index in [0.29, 0.717) is 4.57 Å². The van der Waals surface area contributed by atoms with Gasteiger partial charge in [-0.1, -0.05) is 0 Å². The number of aliphatic hydroxyl groups is 3. The first kappa shape index (κ1) is 16.3. The van der Waals surface area contributed by atoms with Gasteiger partial charge in [0.2, 0.25) is 5.85 Å². The Morgan fingerprint density at radius 1 is 1.45 bits per heavy atom. The molecule has 11 nitrogen and oxygen atoms in total. The van der Waals surface area contributed by atoms with Gasteiger partial charge in [0.1, 0.15) is 18.3 Å². The summed E-state index contributed by atoms with van der Waals surface area (Å²) in [5.41, 5.74) is 3.50. The maximum absolute atomic E-state index is 11.9. The minimum atomic E-state index is -2.26. The maximum Gasteiger partial charge on any atom is 0.331 e. The number of nitrogens with zero attached hydrogens (tertiary/aromatic N) is 1. The largest absolute Gasteiger partial charge is 0.481 e. The summed E-state index contributed by atoms with van der Waals surface area (Å²) in [7, 11) is 0. The van der Waals surface area contributed by atoms with Crippen molar-refractivity contribution >= 4 is 5.97 Å². The van der Waals surface area contributed by atoms with Crippen molar-refractivity contribution in [2.75, 3.05) is 6.61 Å². The van der Waals surface area contributed by atoms with Crippen LogP contribution in [0.25, 0.3) is 0 Å². The Hall–Kier alpha value is -2.05. The number of aliphatic hydroxyl groups excluding tert-OH is 3. The molecule has 0 aliphatic carbocycles. The fourth-order valence-corrected chi connectivity index (χ4v) is 2.23. The fourth-order valence-electron chi connectivity index (χ4n) is 2.23. The number of hydrogen-bond acceptors (Lipinski definition) is 8. The molecule has 1 fully saturated rings. The van der Waals surface area contributed by atoms with E-state index in [1.807, 2.05) is 4.98 Å². The lowest BCUT2D eigenvalue weighted by atomic mass is 10.1. The number of ether oxygens (including phenoxy) is 1. The van der Waals surface area contributed by atoms with E-state index >= 15 is 0 Å². The summed E-state index contributed by atoms with van der Waals surface area (Å²) in [6.45, 7) is -0.669. The van der Waals surface area contributed by atoms with Crippen LogP contribution in [0.5, 0.6) is 0 Å². The van der Waals surface area contributed by atoms with Gasteiger partial charge in [-0.25, -0.2) is 4.79 Å². The summed E-state index contributed by atoms with van der Waals surface area (Å²) in [6.07, 6.45) is -4.46. The van der Waals surface area contributed by atoms with Crippen LogP contribution in [0, 0.1) is 0 Å². The maximum atomic E-state index is 11.9. The number of nitrogens with one attached hydrogen (secondary N) is 1. The van der Waals surface area contributed by atoms with E-state index in [2.05, 4.69) is 0 Å². The van der Waals surface area contributed by atoms with Crippen LogP contribution < -0.4 is 17.0 Å². The number of carboxylic acid groups (broad SMARTS) is 1. The number of carboxylic acids is 1. The number of hydrogen-bond donors (Lipinski definition) is 6. The number of aromatic amines is 1. The van der Waals surface area contributed by atoms with Crippen LogP contribution in [0.4, 0.5) is 0 Å². The predicted octanol–water partition coefficient (Wildman–Crippen LogP) is -4.15. The lowest BCUT2D eigenvalue weighted by Crippen LogP contribution is -2.58. The Bertz CT molecular complexity index is 697. The van der Waals surface area contributed by atoms with Crippen molar-refractivity contribution in [1.82, 2.24) is 9.55 Å². The van der Waals surface area contributed by atoms with Crippen LogP contribution in [-0.4, -0.2) is 60.9 Å². The molecule has 0 saturated carbocycles. The van der Waals surface area contributed by atoms with Crippen molar-refractivity contribution < 1.29 is 30.0 Å². The van der Waals surface area contributed by atoms with E-state index < -0.39 is 54.4 Å². The van der Waals surface area contributed by atoms with Gasteiger partial charge in [0, 0.05) is 11.8 Å². The van der Waals surface area contributed by atoms with Crippen molar-refractivity contribution in [3.63, 3.8) is 0 Å². The normalized spacial score (nSPS) is 31.4. The lowest BCUT2D eigenvalue weighted by Gasteiger charge is -2.29. The molecule has 2 rings (SSSR count). The molecule has 11 heteroatoms. The third-order valence-corrected chi connectivity index (χ3v) is 3.38. The molecule has 122 valence electrons. The second-order valence-corrected chi connectivity index (χ2v) is 4.88. The highest BCUT2D eigenvalue weighted by Gasteiger charge is 2.53. The molecule has 0 aromatic carbocycles. The van der Waals surface area contributed by atoms with Crippen LogP contribution in [0.1, 0.15) is 5.56 Å². The first-order valence-corrected chi connectivity index (χ1v) is 6.21. The molecule has 0 spiro atoms. The van der Waals surface area contributed by atoms with Crippen molar-refractivity contribution in [1.29, 1.82) is 0 Å². The summed E-state index contributed by atoms with van der Waals surface area (Å²) < 4.78 is 5.69. The van der Waals surface area contributed by atoms with Gasteiger partial charge in [-0.2, -0.15) is 0 Å². The second-order valence-electron chi connectivity index (χ2n) is 4.88. The molecule has 22 heavy (non-hydrogen) atoms. The Kier molecular flexibility index (Phi) is 4.17. The summed E-state index contributed by atoms with van der Waals surface area (Å²) >= 11 is 0. The summed E-state index contributed by atoms with van der Waals surface area (Å²) in [5, 5.41) is 37.5. The second kappa shape index (κ2) is 5.62. The van der Waals surface area contributed by atoms with Gasteiger partial charge in [-0.15, -0.1) is 0 Å². The van der Waals surface area contributed by atoms with Gasteiger partial charge in [0.25, 0.3) is 5.56 Å². The first-order chi connectivity index (χ1) is 10.2. The standard InChI is InChI=1S/C11H15N3O8/c12-11(8(19)7(18)5(3-15)22-11)14-2-4(1-6(16)17)9(20)13-10(14)21/h2,5,7-8,15,18-19H,1,3,12H2,(H,16,17)(H,13,20,21)/t5-,7-,8-,11+/m1/s1. The SMILES string of the molecule is N[C@@]1(n2cc(CC(=O)O)c(=O)[nH]c2=O)O[C@H](CO)[C@@H](O)[C@H]1O. The molecule has 4 atom stereocenters. The highest BCUT2D eigenvalue weighted by atomic mass is 16.6. The van der Waals surface area contributed by atoms with Crippen LogP contribution in [0.2, 0.25) is 0 Å². The smallest absolute Gasteiger partial charge is 0.331 e. The predicted molar refractivity (Wildman–Crippen MR) is 68.8 cm³/mol. The first-order valence-electron chi connectivity index (χ1n) is 6.21. The van der Waals surface area contributed by atoms with Gasteiger partial charge < -0.3 is 25.2 Å². The molecule has 1 aromatic heterocycles. The van der Waals surface area contributed by atoms with E-state index in [-0.39, 0.29) is 5.56 Å². The summed E-state index contributed by atoms with van der Waals surface area (Å²) in [4.78, 5) is 36.0. The van der Waals surface area contributed by atoms with Crippen molar-refractivity contribution in [2.24, 2.45) is 5.73 Å². The quantitative estimate of drug-likeness (QED) is 0.320. The van der Waals surface area contributed by atoms with Gasteiger partial charge in [0.15, 0.2) is 0 Å². The number of aromatic nitrogens is 2. The lowest BCUT2D eigenvalue weighted by molar-refractivity contribution is -0.146. The number of carbonyl (C=O) groups is 1. The minimum absolute atomic E-state index is 0.297. The average molecular weight is 317 g/mol. The Morgan fingerprint density at radius 3 is 2.59 bits per heavy atom. The molecule has 7 N–H and O–H groups in total. The van der Waals surface area contributed by atoms with Crippen molar-refractivity contribution in [2.45, 2.75) is 30.6 Å². The molecule has 0 unspecified atom stereocenters. The molecule has 0 bridgehead atoms. The Balaban J connectivity index is 2.54. The third kappa shape index (κ3) is 2.55. The minimum Gasteiger partial charge on any atom is -0.481 e. The highest BCUT2D eigenvalue weighted by Crippen LogP contribution is 2.30. The van der Waals surface area contributed by atoms with Gasteiger partial charge in [0.05, 0.1) is 13.0 Å². The molecule has 2 heterocycles. The molecule has 1 aromatic rings. The summed E-state index contributed by atoms with van der Waals surface area (Å²) in [5.74, 6) is -3.58. The fraction of sp³-hybridized carbons (Fsp3) is 0.545. The molecule has 1 saturated heterocycles. The van der Waals surface area contributed by atoms with Gasteiger partial charge in [-0.05, 0) is 0 Å². The number of nitrogens with two attached hydrogens (primary N) is 1.